The second kappa shape index (κ2) is 6.77. The number of benzene rings is 1. The Morgan fingerprint density at radius 3 is 2.29 bits per heavy atom. The largest absolute Gasteiger partial charge is 0.385 e. The molecule has 1 saturated heterocycles. The standard InChI is InChI=1S/C15H24N2O3S/c1-4-5-16-14-10-12(2)15(13(3)11-14)21(18,19)17-6-8-20-9-7-17/h10-11,16H,4-9H2,1-3H3. The molecule has 1 aliphatic rings. The minimum Gasteiger partial charge on any atom is -0.385 e. The molecule has 1 aromatic rings. The van der Waals surface area contributed by atoms with Gasteiger partial charge < -0.3 is 10.1 Å². The zero-order valence-corrected chi connectivity index (χ0v) is 13.8. The minimum absolute atomic E-state index is 0.428. The van der Waals surface area contributed by atoms with Crippen molar-refractivity contribution < 1.29 is 13.2 Å². The highest BCUT2D eigenvalue weighted by Gasteiger charge is 2.29. The minimum atomic E-state index is -3.44. The highest BCUT2D eigenvalue weighted by Crippen LogP contribution is 2.27. The Bertz CT molecular complexity index is 570. The van der Waals surface area contributed by atoms with Gasteiger partial charge in [0.05, 0.1) is 18.1 Å². The summed E-state index contributed by atoms with van der Waals surface area (Å²) in [6, 6.07) is 3.83. The molecule has 0 bridgehead atoms. The summed E-state index contributed by atoms with van der Waals surface area (Å²) in [5.74, 6) is 0. The average Bonchev–Trinajstić information content (AvgIpc) is 2.45. The Kier molecular flexibility index (Phi) is 5.24. The normalized spacial score (nSPS) is 16.9. The zero-order chi connectivity index (χ0) is 15.5. The molecule has 1 N–H and O–H groups in total. The molecule has 0 aliphatic carbocycles. The third-order valence-corrected chi connectivity index (χ3v) is 5.81. The lowest BCUT2D eigenvalue weighted by Crippen LogP contribution is -2.41. The number of rotatable bonds is 5. The zero-order valence-electron chi connectivity index (χ0n) is 13.0. The number of morpholine rings is 1. The molecule has 2 rings (SSSR count). The molecule has 0 atom stereocenters. The van der Waals surface area contributed by atoms with Gasteiger partial charge in [-0.1, -0.05) is 6.92 Å². The van der Waals surface area contributed by atoms with Gasteiger partial charge in [-0.05, 0) is 43.5 Å². The Morgan fingerprint density at radius 1 is 1.19 bits per heavy atom. The first-order chi connectivity index (χ1) is 9.96. The SMILES string of the molecule is CCCNc1cc(C)c(S(=O)(=O)N2CCOCC2)c(C)c1. The molecule has 0 aromatic heterocycles. The van der Waals surface area contributed by atoms with E-state index < -0.39 is 10.0 Å². The first kappa shape index (κ1) is 16.3. The molecule has 1 aliphatic heterocycles. The lowest BCUT2D eigenvalue weighted by Gasteiger charge is -2.27. The second-order valence-corrected chi connectivity index (χ2v) is 7.26. The fourth-order valence-corrected chi connectivity index (χ4v) is 4.46. The van der Waals surface area contributed by atoms with Crippen molar-refractivity contribution in [3.8, 4) is 0 Å². The number of sulfonamides is 1. The average molecular weight is 312 g/mol. The highest BCUT2D eigenvalue weighted by molar-refractivity contribution is 7.89. The predicted molar refractivity (Wildman–Crippen MR) is 84.3 cm³/mol. The van der Waals surface area contributed by atoms with Crippen LogP contribution in [0, 0.1) is 13.8 Å². The summed E-state index contributed by atoms with van der Waals surface area (Å²) in [6.07, 6.45) is 1.03. The summed E-state index contributed by atoms with van der Waals surface area (Å²) in [6.45, 7) is 8.49. The van der Waals surface area contributed by atoms with Gasteiger partial charge >= 0.3 is 0 Å². The van der Waals surface area contributed by atoms with Crippen LogP contribution in [-0.4, -0.2) is 45.6 Å². The molecule has 0 unspecified atom stereocenters. The molecule has 0 radical (unpaired) electrons. The number of nitrogens with one attached hydrogen (secondary N) is 1. The van der Waals surface area contributed by atoms with Crippen molar-refractivity contribution in [2.45, 2.75) is 32.1 Å². The van der Waals surface area contributed by atoms with Gasteiger partial charge in [0, 0.05) is 25.3 Å². The van der Waals surface area contributed by atoms with Crippen LogP contribution in [0.4, 0.5) is 5.69 Å². The van der Waals surface area contributed by atoms with E-state index in [9.17, 15) is 8.42 Å². The lowest BCUT2D eigenvalue weighted by atomic mass is 10.1. The number of ether oxygens (including phenoxy) is 1. The van der Waals surface area contributed by atoms with Crippen molar-refractivity contribution in [1.29, 1.82) is 0 Å². The summed E-state index contributed by atoms with van der Waals surface area (Å²) in [5.41, 5.74) is 2.56. The van der Waals surface area contributed by atoms with E-state index in [1.165, 1.54) is 4.31 Å². The summed E-state index contributed by atoms with van der Waals surface area (Å²) in [5, 5.41) is 3.31. The van der Waals surface area contributed by atoms with Crippen LogP contribution in [-0.2, 0) is 14.8 Å². The molecule has 0 spiro atoms. The molecule has 21 heavy (non-hydrogen) atoms. The Balaban J connectivity index is 2.34. The third kappa shape index (κ3) is 3.56. The molecule has 1 aromatic carbocycles. The molecule has 1 fully saturated rings. The Hall–Kier alpha value is -1.11. The number of hydrogen-bond acceptors (Lipinski definition) is 4. The van der Waals surface area contributed by atoms with Gasteiger partial charge in [-0.2, -0.15) is 4.31 Å². The summed E-state index contributed by atoms with van der Waals surface area (Å²) < 4.78 is 32.4. The number of aryl methyl sites for hydroxylation is 2. The van der Waals surface area contributed by atoms with Crippen LogP contribution < -0.4 is 5.32 Å². The van der Waals surface area contributed by atoms with Crippen LogP contribution in [0.3, 0.4) is 0 Å². The van der Waals surface area contributed by atoms with E-state index in [4.69, 9.17) is 4.74 Å². The molecule has 5 nitrogen and oxygen atoms in total. The maximum absolute atomic E-state index is 12.8. The van der Waals surface area contributed by atoms with Crippen LogP contribution in [0.2, 0.25) is 0 Å². The van der Waals surface area contributed by atoms with Crippen molar-refractivity contribution in [3.05, 3.63) is 23.3 Å². The van der Waals surface area contributed by atoms with Crippen LogP contribution in [0.15, 0.2) is 17.0 Å². The van der Waals surface area contributed by atoms with Gasteiger partial charge in [-0.15, -0.1) is 0 Å². The van der Waals surface area contributed by atoms with Gasteiger partial charge in [0.25, 0.3) is 0 Å². The van der Waals surface area contributed by atoms with E-state index in [0.717, 1.165) is 29.8 Å². The molecular weight excluding hydrogens is 288 g/mol. The molecule has 1 heterocycles. The van der Waals surface area contributed by atoms with Crippen LogP contribution in [0.25, 0.3) is 0 Å². The number of nitrogens with zero attached hydrogens (tertiary/aromatic N) is 1. The second-order valence-electron chi connectivity index (χ2n) is 5.38. The monoisotopic (exact) mass is 312 g/mol. The quantitative estimate of drug-likeness (QED) is 0.905. The third-order valence-electron chi connectivity index (χ3n) is 3.61. The summed E-state index contributed by atoms with van der Waals surface area (Å²) in [7, 11) is -3.44. The van der Waals surface area contributed by atoms with Gasteiger partial charge in [-0.25, -0.2) is 8.42 Å². The fraction of sp³-hybridized carbons (Fsp3) is 0.600. The molecule has 118 valence electrons. The number of anilines is 1. The highest BCUT2D eigenvalue weighted by atomic mass is 32.2. The van der Waals surface area contributed by atoms with Gasteiger partial charge in [-0.3, -0.25) is 0 Å². The fourth-order valence-electron chi connectivity index (χ4n) is 2.64. The van der Waals surface area contributed by atoms with E-state index in [1.807, 2.05) is 26.0 Å². The van der Waals surface area contributed by atoms with E-state index in [-0.39, 0.29) is 0 Å². The van der Waals surface area contributed by atoms with Gasteiger partial charge in [0.15, 0.2) is 0 Å². The molecule has 0 saturated carbocycles. The van der Waals surface area contributed by atoms with E-state index in [2.05, 4.69) is 12.2 Å². The number of hydrogen-bond donors (Lipinski definition) is 1. The first-order valence-electron chi connectivity index (χ1n) is 7.40. The molecular formula is C15H24N2O3S. The van der Waals surface area contributed by atoms with Gasteiger partial charge in [0.1, 0.15) is 0 Å². The summed E-state index contributed by atoms with van der Waals surface area (Å²) >= 11 is 0. The topological polar surface area (TPSA) is 58.6 Å². The predicted octanol–water partition coefficient (Wildman–Crippen LogP) is 2.15. The van der Waals surface area contributed by atoms with E-state index in [0.29, 0.717) is 31.2 Å². The van der Waals surface area contributed by atoms with Crippen molar-refractivity contribution in [2.24, 2.45) is 0 Å². The van der Waals surface area contributed by atoms with Crippen molar-refractivity contribution >= 4 is 15.7 Å². The maximum atomic E-state index is 12.8. The van der Waals surface area contributed by atoms with Gasteiger partial charge in [0.2, 0.25) is 10.0 Å². The van der Waals surface area contributed by atoms with Crippen molar-refractivity contribution in [1.82, 2.24) is 4.31 Å². The Labute approximate surface area is 127 Å². The van der Waals surface area contributed by atoms with E-state index in [1.54, 1.807) is 0 Å². The lowest BCUT2D eigenvalue weighted by molar-refractivity contribution is 0.0730. The van der Waals surface area contributed by atoms with E-state index >= 15 is 0 Å². The molecule has 6 heteroatoms. The molecule has 0 amide bonds. The Morgan fingerprint density at radius 2 is 1.76 bits per heavy atom. The van der Waals surface area contributed by atoms with Crippen molar-refractivity contribution in [3.63, 3.8) is 0 Å². The van der Waals surface area contributed by atoms with Crippen molar-refractivity contribution in [2.75, 3.05) is 38.2 Å². The first-order valence-corrected chi connectivity index (χ1v) is 8.84. The van der Waals surface area contributed by atoms with Crippen LogP contribution in [0.5, 0.6) is 0 Å². The van der Waals surface area contributed by atoms with Crippen LogP contribution in [0.1, 0.15) is 24.5 Å². The maximum Gasteiger partial charge on any atom is 0.243 e. The summed E-state index contributed by atoms with van der Waals surface area (Å²) in [4.78, 5) is 0.437. The smallest absolute Gasteiger partial charge is 0.243 e. The van der Waals surface area contributed by atoms with Crippen LogP contribution >= 0.6 is 0 Å².